The van der Waals surface area contributed by atoms with Crippen molar-refractivity contribution in [3.05, 3.63) is 11.1 Å². The highest BCUT2D eigenvalue weighted by molar-refractivity contribution is 6.07. The minimum absolute atomic E-state index is 0.109. The molecule has 4 aliphatic rings. The molecule has 2 saturated heterocycles. The molecule has 2 heterocycles. The SMILES string of the molecule is CC(=O)OC[C@@H]1C2=C([C@H](C)C(=O)[C@@]1(C)O)[C@H](C)[C@@]13O[C@@](C)([C@H](O)[C@@H]1C)[C@@H](COC(C)=O)[C@@H]3C2=O. The summed E-state index contributed by atoms with van der Waals surface area (Å²) in [5.74, 6) is -5.94. The van der Waals surface area contributed by atoms with Crippen LogP contribution >= 0.6 is 0 Å². The van der Waals surface area contributed by atoms with Crippen molar-refractivity contribution < 1.29 is 43.6 Å². The van der Waals surface area contributed by atoms with E-state index in [4.69, 9.17) is 14.2 Å². The number of aliphatic hydroxyl groups is 2. The average molecular weight is 479 g/mol. The molecule has 9 heteroatoms. The van der Waals surface area contributed by atoms with E-state index >= 15 is 0 Å². The number of esters is 2. The van der Waals surface area contributed by atoms with Gasteiger partial charge in [0, 0.05) is 43.1 Å². The van der Waals surface area contributed by atoms with Crippen molar-refractivity contribution in [2.75, 3.05) is 13.2 Å². The van der Waals surface area contributed by atoms with Gasteiger partial charge >= 0.3 is 11.9 Å². The third kappa shape index (κ3) is 2.96. The van der Waals surface area contributed by atoms with E-state index in [-0.39, 0.29) is 24.6 Å². The van der Waals surface area contributed by atoms with Gasteiger partial charge in [0.2, 0.25) is 0 Å². The summed E-state index contributed by atoms with van der Waals surface area (Å²) in [5.41, 5.74) is -3.30. The van der Waals surface area contributed by atoms with Crippen LogP contribution in [0.25, 0.3) is 0 Å². The highest BCUT2D eigenvalue weighted by atomic mass is 16.6. The lowest BCUT2D eigenvalue weighted by Gasteiger charge is -2.54. The smallest absolute Gasteiger partial charge is 0.302 e. The van der Waals surface area contributed by atoms with Crippen LogP contribution in [0.2, 0.25) is 0 Å². The zero-order chi connectivity index (χ0) is 25.5. The van der Waals surface area contributed by atoms with Gasteiger partial charge in [-0.25, -0.2) is 0 Å². The molecule has 2 N–H and O–H groups in total. The molecule has 9 nitrogen and oxygen atoms in total. The third-order valence-corrected chi connectivity index (χ3v) is 9.10. The van der Waals surface area contributed by atoms with Crippen molar-refractivity contribution in [1.29, 1.82) is 0 Å². The fourth-order valence-corrected chi connectivity index (χ4v) is 7.42. The number of carbonyl (C=O) groups excluding carboxylic acids is 4. The van der Waals surface area contributed by atoms with Crippen LogP contribution in [0.4, 0.5) is 0 Å². The Labute approximate surface area is 198 Å². The van der Waals surface area contributed by atoms with Crippen LogP contribution in [0.3, 0.4) is 0 Å². The lowest BCUT2D eigenvalue weighted by molar-refractivity contribution is -0.159. The first-order valence-electron chi connectivity index (χ1n) is 11.8. The van der Waals surface area contributed by atoms with Crippen molar-refractivity contribution in [3.8, 4) is 0 Å². The van der Waals surface area contributed by atoms with Crippen LogP contribution in [0, 0.1) is 35.5 Å². The molecule has 0 saturated carbocycles. The summed E-state index contributed by atoms with van der Waals surface area (Å²) in [7, 11) is 0. The lowest BCUT2D eigenvalue weighted by atomic mass is 9.48. The molecule has 2 fully saturated rings. The third-order valence-electron chi connectivity index (χ3n) is 9.10. The molecule has 0 aromatic heterocycles. The van der Waals surface area contributed by atoms with Crippen molar-refractivity contribution in [3.63, 3.8) is 0 Å². The first-order chi connectivity index (χ1) is 15.6. The highest BCUT2D eigenvalue weighted by Gasteiger charge is 2.78. The van der Waals surface area contributed by atoms with E-state index in [1.54, 1.807) is 13.8 Å². The van der Waals surface area contributed by atoms with E-state index in [0.717, 1.165) is 0 Å². The molecule has 188 valence electrons. The zero-order valence-corrected chi connectivity index (χ0v) is 20.7. The molecule has 0 aromatic carbocycles. The molecule has 2 bridgehead atoms. The van der Waals surface area contributed by atoms with E-state index in [9.17, 15) is 29.4 Å². The first-order valence-corrected chi connectivity index (χ1v) is 11.8. The van der Waals surface area contributed by atoms with Gasteiger partial charge in [0.25, 0.3) is 0 Å². The maximum atomic E-state index is 14.3. The van der Waals surface area contributed by atoms with Gasteiger partial charge in [0.05, 0.1) is 35.7 Å². The summed E-state index contributed by atoms with van der Waals surface area (Å²) >= 11 is 0. The van der Waals surface area contributed by atoms with Crippen molar-refractivity contribution >= 4 is 23.5 Å². The van der Waals surface area contributed by atoms with Crippen LogP contribution in [-0.2, 0) is 33.4 Å². The first kappa shape index (κ1) is 25.0. The van der Waals surface area contributed by atoms with E-state index in [2.05, 4.69) is 0 Å². The predicted octanol–water partition coefficient (Wildman–Crippen LogP) is 0.985. The zero-order valence-electron chi connectivity index (χ0n) is 20.7. The second-order valence-corrected chi connectivity index (χ2v) is 10.8. The molecule has 0 radical (unpaired) electrons. The largest absolute Gasteiger partial charge is 0.465 e. The van der Waals surface area contributed by atoms with Gasteiger partial charge in [-0.1, -0.05) is 20.8 Å². The van der Waals surface area contributed by atoms with Crippen LogP contribution in [-0.4, -0.2) is 69.8 Å². The average Bonchev–Trinajstić information content (AvgIpc) is 3.13. The number of carbonyl (C=O) groups is 4. The minimum Gasteiger partial charge on any atom is -0.465 e. The van der Waals surface area contributed by atoms with Crippen molar-refractivity contribution in [2.24, 2.45) is 35.5 Å². The van der Waals surface area contributed by atoms with Crippen LogP contribution in [0.15, 0.2) is 11.1 Å². The molecule has 0 amide bonds. The molecular weight excluding hydrogens is 444 g/mol. The van der Waals surface area contributed by atoms with Crippen molar-refractivity contribution in [1.82, 2.24) is 0 Å². The Morgan fingerprint density at radius 1 is 1.03 bits per heavy atom. The summed E-state index contributed by atoms with van der Waals surface area (Å²) in [6, 6.07) is 0. The fraction of sp³-hybridized carbons (Fsp3) is 0.760. The number of ketones is 2. The molecule has 34 heavy (non-hydrogen) atoms. The van der Waals surface area contributed by atoms with Crippen LogP contribution < -0.4 is 0 Å². The topological polar surface area (TPSA) is 136 Å². The van der Waals surface area contributed by atoms with Gasteiger partial charge in [0.1, 0.15) is 12.2 Å². The Bertz CT molecular complexity index is 996. The van der Waals surface area contributed by atoms with Crippen LogP contribution in [0.1, 0.15) is 48.5 Å². The Morgan fingerprint density at radius 3 is 2.15 bits per heavy atom. The Balaban J connectivity index is 1.91. The molecule has 2 aliphatic carbocycles. The summed E-state index contributed by atoms with van der Waals surface area (Å²) in [4.78, 5) is 50.8. The minimum atomic E-state index is -1.91. The number of fused-ring (bicyclic) bond motifs is 1. The van der Waals surface area contributed by atoms with E-state index in [0.29, 0.717) is 5.57 Å². The number of rotatable bonds is 4. The molecule has 4 rings (SSSR count). The second kappa shape index (κ2) is 7.70. The Kier molecular flexibility index (Phi) is 5.66. The number of ether oxygens (including phenoxy) is 3. The number of hydrogen-bond donors (Lipinski definition) is 2. The quantitative estimate of drug-likeness (QED) is 0.567. The molecule has 0 unspecified atom stereocenters. The van der Waals surface area contributed by atoms with Gasteiger partial charge in [-0.2, -0.15) is 0 Å². The lowest BCUT2D eigenvalue weighted by Crippen LogP contribution is -2.65. The summed E-state index contributed by atoms with van der Waals surface area (Å²) in [6.07, 6.45) is -0.906. The van der Waals surface area contributed by atoms with Gasteiger partial charge in [-0.3, -0.25) is 19.2 Å². The maximum Gasteiger partial charge on any atom is 0.302 e. The van der Waals surface area contributed by atoms with Gasteiger partial charge in [-0.15, -0.1) is 0 Å². The van der Waals surface area contributed by atoms with Gasteiger partial charge in [0.15, 0.2) is 11.6 Å². The molecule has 0 aromatic rings. The number of Topliss-reactive ketones (excluding diaryl/α,β-unsaturated/α-hetero) is 2. The second-order valence-electron chi connectivity index (χ2n) is 10.8. The molecule has 10 atom stereocenters. The van der Waals surface area contributed by atoms with E-state index < -0.39 is 76.1 Å². The van der Waals surface area contributed by atoms with Gasteiger partial charge < -0.3 is 24.4 Å². The summed E-state index contributed by atoms with van der Waals surface area (Å²) < 4.78 is 17.1. The van der Waals surface area contributed by atoms with E-state index in [1.807, 2.05) is 13.8 Å². The van der Waals surface area contributed by atoms with Crippen LogP contribution in [0.5, 0.6) is 0 Å². The Hall–Kier alpha value is -2.10. The predicted molar refractivity (Wildman–Crippen MR) is 117 cm³/mol. The molecular formula is C25H34O9. The number of aliphatic hydroxyl groups excluding tert-OH is 1. The molecule has 2 aliphatic heterocycles. The monoisotopic (exact) mass is 478 g/mol. The highest BCUT2D eigenvalue weighted by Crippen LogP contribution is 2.68. The summed E-state index contributed by atoms with van der Waals surface area (Å²) in [5, 5.41) is 22.4. The van der Waals surface area contributed by atoms with Crippen molar-refractivity contribution in [2.45, 2.75) is 71.4 Å². The normalized spacial score (nSPS) is 47.4. The standard InChI is InChI=1S/C25H34O9/c1-10-17-11(2)25-12(3)22(30)24(7,34-25)16(9-33-14(5)27)19(25)20(28)18(17)15(8-32-13(4)26)23(6,31)21(10)29/h10-12,15-16,19,22,30-31H,8-9H2,1-7H3/t10-,11-,12-,15+,16-,19+,22+,23-,24+,25+/m0/s1. The van der Waals surface area contributed by atoms with E-state index in [1.165, 1.54) is 20.8 Å². The summed E-state index contributed by atoms with van der Waals surface area (Å²) in [6.45, 7) is 10.5. The fourth-order valence-electron chi connectivity index (χ4n) is 7.42. The number of hydrogen-bond acceptors (Lipinski definition) is 9. The van der Waals surface area contributed by atoms with Gasteiger partial charge in [-0.05, 0) is 19.4 Å². The Morgan fingerprint density at radius 2 is 1.59 bits per heavy atom. The maximum absolute atomic E-state index is 14.3. The molecule has 1 spiro atoms.